The third kappa shape index (κ3) is 8.32. The van der Waals surface area contributed by atoms with Crippen LogP contribution in [-0.4, -0.2) is 19.1 Å². The van der Waals surface area contributed by atoms with Gasteiger partial charge in [-0.1, -0.05) is 39.0 Å². The minimum absolute atomic E-state index is 0. The van der Waals surface area contributed by atoms with E-state index in [1.165, 1.54) is 32.8 Å². The first kappa shape index (κ1) is 16.2. The number of hydrogen-bond acceptors (Lipinski definition) is 3. The monoisotopic (exact) mass is 223 g/mol. The zero-order chi connectivity index (χ0) is 10.1. The van der Waals surface area contributed by atoms with Crippen molar-refractivity contribution in [3.8, 4) is 0 Å². The van der Waals surface area contributed by atoms with Crippen molar-refractivity contribution in [2.45, 2.75) is 51.5 Å². The van der Waals surface area contributed by atoms with Crippen LogP contribution < -0.4 is 5.73 Å². The first-order valence-corrected chi connectivity index (χ1v) is 5.05. The second-order valence-electron chi connectivity index (χ2n) is 3.33. The molecular weight excluding hydrogens is 202 g/mol. The Kier molecular flexibility index (Phi) is 12.5. The van der Waals surface area contributed by atoms with E-state index in [9.17, 15) is 4.79 Å². The summed E-state index contributed by atoms with van der Waals surface area (Å²) in [6.45, 7) is 2.18. The lowest BCUT2D eigenvalue weighted by molar-refractivity contribution is -0.142. The van der Waals surface area contributed by atoms with Crippen LogP contribution in [0.25, 0.3) is 0 Å². The van der Waals surface area contributed by atoms with E-state index in [-0.39, 0.29) is 18.4 Å². The standard InChI is InChI=1S/C10H21NO2.ClH/c1-3-4-5-6-7-8-9(11)10(12)13-2;/h9H,3-8,11H2,1-2H3;1H. The number of esters is 1. The maximum absolute atomic E-state index is 10.9. The molecule has 0 aliphatic carbocycles. The highest BCUT2D eigenvalue weighted by atomic mass is 35.5. The molecular formula is C10H22ClNO2. The number of hydrogen-bond donors (Lipinski definition) is 1. The Morgan fingerprint density at radius 2 is 1.86 bits per heavy atom. The molecule has 4 heteroatoms. The SMILES string of the molecule is CCCCCCCC(N)C(=O)OC.Cl. The fourth-order valence-corrected chi connectivity index (χ4v) is 1.24. The van der Waals surface area contributed by atoms with Crippen LogP contribution in [0.3, 0.4) is 0 Å². The first-order chi connectivity index (χ1) is 6.22. The Bertz CT molecular complexity index is 142. The van der Waals surface area contributed by atoms with Gasteiger partial charge in [-0.05, 0) is 6.42 Å². The summed E-state index contributed by atoms with van der Waals surface area (Å²) >= 11 is 0. The molecule has 0 fully saturated rings. The highest BCUT2D eigenvalue weighted by molar-refractivity contribution is 5.85. The highest BCUT2D eigenvalue weighted by Gasteiger charge is 2.11. The first-order valence-electron chi connectivity index (χ1n) is 5.05. The van der Waals surface area contributed by atoms with E-state index in [1.807, 2.05) is 0 Å². The van der Waals surface area contributed by atoms with E-state index in [1.54, 1.807) is 0 Å². The van der Waals surface area contributed by atoms with Crippen molar-refractivity contribution in [3.63, 3.8) is 0 Å². The van der Waals surface area contributed by atoms with E-state index in [0.717, 1.165) is 12.8 Å². The van der Waals surface area contributed by atoms with Gasteiger partial charge in [-0.15, -0.1) is 12.4 Å². The van der Waals surface area contributed by atoms with Crippen LogP contribution in [0, 0.1) is 0 Å². The van der Waals surface area contributed by atoms with Gasteiger partial charge in [0, 0.05) is 0 Å². The number of ether oxygens (including phenoxy) is 1. The van der Waals surface area contributed by atoms with Crippen LogP contribution in [0.15, 0.2) is 0 Å². The molecule has 0 bridgehead atoms. The van der Waals surface area contributed by atoms with Gasteiger partial charge in [0.15, 0.2) is 0 Å². The molecule has 0 amide bonds. The van der Waals surface area contributed by atoms with Crippen molar-refractivity contribution < 1.29 is 9.53 Å². The van der Waals surface area contributed by atoms with Gasteiger partial charge in [0.2, 0.25) is 0 Å². The minimum atomic E-state index is -0.424. The van der Waals surface area contributed by atoms with Crippen molar-refractivity contribution in [2.75, 3.05) is 7.11 Å². The average molecular weight is 224 g/mol. The number of unbranched alkanes of at least 4 members (excludes halogenated alkanes) is 4. The number of rotatable bonds is 7. The second kappa shape index (κ2) is 10.8. The fraction of sp³-hybridized carbons (Fsp3) is 0.900. The maximum atomic E-state index is 10.9. The predicted octanol–water partition coefficient (Wildman–Crippen LogP) is 2.27. The molecule has 14 heavy (non-hydrogen) atoms. The van der Waals surface area contributed by atoms with Crippen LogP contribution >= 0.6 is 12.4 Å². The molecule has 0 spiro atoms. The summed E-state index contributed by atoms with van der Waals surface area (Å²) in [6.07, 6.45) is 6.69. The number of halogens is 1. The molecule has 0 saturated carbocycles. The third-order valence-corrected chi connectivity index (χ3v) is 2.12. The summed E-state index contributed by atoms with van der Waals surface area (Å²) in [4.78, 5) is 10.9. The predicted molar refractivity (Wildman–Crippen MR) is 60.6 cm³/mol. The number of methoxy groups -OCH3 is 1. The van der Waals surface area contributed by atoms with Crippen molar-refractivity contribution >= 4 is 18.4 Å². The van der Waals surface area contributed by atoms with Gasteiger partial charge in [0.05, 0.1) is 7.11 Å². The van der Waals surface area contributed by atoms with Gasteiger partial charge < -0.3 is 10.5 Å². The van der Waals surface area contributed by atoms with Gasteiger partial charge in [-0.2, -0.15) is 0 Å². The van der Waals surface area contributed by atoms with E-state index in [4.69, 9.17) is 5.73 Å². The summed E-state index contributed by atoms with van der Waals surface area (Å²) in [6, 6.07) is -0.424. The van der Waals surface area contributed by atoms with Gasteiger partial charge >= 0.3 is 5.97 Å². The fourth-order valence-electron chi connectivity index (χ4n) is 1.24. The molecule has 0 aromatic heterocycles. The van der Waals surface area contributed by atoms with Crippen molar-refractivity contribution in [1.82, 2.24) is 0 Å². The highest BCUT2D eigenvalue weighted by Crippen LogP contribution is 2.06. The van der Waals surface area contributed by atoms with Crippen LogP contribution in [-0.2, 0) is 9.53 Å². The van der Waals surface area contributed by atoms with Crippen LogP contribution in [0.2, 0.25) is 0 Å². The third-order valence-electron chi connectivity index (χ3n) is 2.12. The molecule has 3 nitrogen and oxygen atoms in total. The summed E-state index contributed by atoms with van der Waals surface area (Å²) in [5.74, 6) is -0.296. The molecule has 2 N–H and O–H groups in total. The van der Waals surface area contributed by atoms with E-state index < -0.39 is 6.04 Å². The summed E-state index contributed by atoms with van der Waals surface area (Å²) < 4.78 is 4.53. The van der Waals surface area contributed by atoms with Crippen LogP contribution in [0.5, 0.6) is 0 Å². The van der Waals surface area contributed by atoms with Crippen molar-refractivity contribution in [2.24, 2.45) is 5.73 Å². The van der Waals surface area contributed by atoms with Crippen molar-refractivity contribution in [3.05, 3.63) is 0 Å². The number of carbonyl (C=O) groups excluding carboxylic acids is 1. The summed E-state index contributed by atoms with van der Waals surface area (Å²) in [5.41, 5.74) is 5.57. The molecule has 0 aromatic rings. The smallest absolute Gasteiger partial charge is 0.322 e. The van der Waals surface area contributed by atoms with Crippen LogP contribution in [0.4, 0.5) is 0 Å². The van der Waals surface area contributed by atoms with Crippen molar-refractivity contribution in [1.29, 1.82) is 0 Å². The van der Waals surface area contributed by atoms with E-state index in [2.05, 4.69) is 11.7 Å². The number of nitrogens with two attached hydrogens (primary N) is 1. The topological polar surface area (TPSA) is 52.3 Å². The molecule has 0 saturated heterocycles. The second-order valence-corrected chi connectivity index (χ2v) is 3.33. The Balaban J connectivity index is 0. The Morgan fingerprint density at radius 3 is 2.36 bits per heavy atom. The molecule has 0 radical (unpaired) electrons. The average Bonchev–Trinajstić information content (AvgIpc) is 2.16. The van der Waals surface area contributed by atoms with Gasteiger partial charge in [0.1, 0.15) is 6.04 Å². The molecule has 1 unspecified atom stereocenters. The lowest BCUT2D eigenvalue weighted by Gasteiger charge is -2.08. The quantitative estimate of drug-likeness (QED) is 0.532. The van der Waals surface area contributed by atoms with E-state index >= 15 is 0 Å². The molecule has 0 aliphatic heterocycles. The Labute approximate surface area is 92.8 Å². The lowest BCUT2D eigenvalue weighted by Crippen LogP contribution is -2.31. The minimum Gasteiger partial charge on any atom is -0.468 e. The normalized spacial score (nSPS) is 11.6. The largest absolute Gasteiger partial charge is 0.468 e. The molecule has 1 atom stereocenters. The Morgan fingerprint density at radius 1 is 1.29 bits per heavy atom. The Hall–Kier alpha value is -0.280. The zero-order valence-corrected chi connectivity index (χ0v) is 9.94. The van der Waals surface area contributed by atoms with Gasteiger partial charge in [-0.25, -0.2) is 0 Å². The maximum Gasteiger partial charge on any atom is 0.322 e. The molecule has 86 valence electrons. The molecule has 0 heterocycles. The summed E-state index contributed by atoms with van der Waals surface area (Å²) in [5, 5.41) is 0. The summed E-state index contributed by atoms with van der Waals surface area (Å²) in [7, 11) is 1.37. The number of carbonyl (C=O) groups is 1. The molecule has 0 aromatic carbocycles. The van der Waals surface area contributed by atoms with Crippen LogP contribution in [0.1, 0.15) is 45.4 Å². The van der Waals surface area contributed by atoms with Gasteiger partial charge in [-0.3, -0.25) is 4.79 Å². The molecule has 0 aliphatic rings. The van der Waals surface area contributed by atoms with E-state index in [0.29, 0.717) is 0 Å². The van der Waals surface area contributed by atoms with Gasteiger partial charge in [0.25, 0.3) is 0 Å². The zero-order valence-electron chi connectivity index (χ0n) is 9.12. The molecule has 0 rings (SSSR count). The lowest BCUT2D eigenvalue weighted by atomic mass is 10.1.